The van der Waals surface area contributed by atoms with Gasteiger partial charge in [0.2, 0.25) is 10.0 Å². The Labute approximate surface area is 150 Å². The number of aryl methyl sites for hydroxylation is 1. The summed E-state index contributed by atoms with van der Waals surface area (Å²) in [7, 11) is -1.10. The highest BCUT2D eigenvalue weighted by Gasteiger charge is 2.27. The third-order valence-electron chi connectivity index (χ3n) is 4.48. The number of carbonyl (C=O) groups is 2. The van der Waals surface area contributed by atoms with Gasteiger partial charge in [-0.2, -0.15) is 9.40 Å². The maximum absolute atomic E-state index is 12.7. The minimum absolute atomic E-state index is 0.0720. The molecule has 0 aliphatic carbocycles. The lowest BCUT2D eigenvalue weighted by atomic mass is 10.2. The van der Waals surface area contributed by atoms with Crippen LogP contribution in [0.4, 0.5) is 0 Å². The zero-order chi connectivity index (χ0) is 19.1. The standard InChI is InChI=1S/C16H20N4O5S/c1-18(10-14(21)22)26(24,25)11-5-6-13-12(9-11)15(17-19(13)2)16(23)20-7-3-4-8-20/h5-6,9H,3-4,7-8,10H2,1-2H3,(H,21,22). The summed E-state index contributed by atoms with van der Waals surface area (Å²) in [4.78, 5) is 25.2. The second-order valence-electron chi connectivity index (χ2n) is 6.31. The first-order chi connectivity index (χ1) is 12.2. The summed E-state index contributed by atoms with van der Waals surface area (Å²) in [5.41, 5.74) is 0.842. The van der Waals surface area contributed by atoms with Gasteiger partial charge in [0.25, 0.3) is 5.91 Å². The SMILES string of the molecule is CN(CC(=O)O)S(=O)(=O)c1ccc2c(c1)c(C(=O)N1CCCC1)nn2C. The zero-order valence-electron chi connectivity index (χ0n) is 14.5. The molecule has 1 aliphatic rings. The summed E-state index contributed by atoms with van der Waals surface area (Å²) in [6.45, 7) is 0.680. The maximum Gasteiger partial charge on any atom is 0.318 e. The molecular weight excluding hydrogens is 360 g/mol. The monoisotopic (exact) mass is 380 g/mol. The summed E-state index contributed by atoms with van der Waals surface area (Å²) in [5.74, 6) is -1.47. The largest absolute Gasteiger partial charge is 0.480 e. The van der Waals surface area contributed by atoms with E-state index in [4.69, 9.17) is 5.11 Å². The number of nitrogens with zero attached hydrogens (tertiary/aromatic N) is 4. The Hall–Kier alpha value is -2.46. The summed E-state index contributed by atoms with van der Waals surface area (Å²) < 4.78 is 27.5. The molecular formula is C16H20N4O5S. The molecule has 1 N–H and O–H groups in total. The smallest absolute Gasteiger partial charge is 0.318 e. The van der Waals surface area contributed by atoms with Crippen LogP contribution in [0.1, 0.15) is 23.3 Å². The topological polar surface area (TPSA) is 113 Å². The van der Waals surface area contributed by atoms with E-state index in [0.29, 0.717) is 24.0 Å². The van der Waals surface area contributed by atoms with E-state index in [1.165, 1.54) is 23.9 Å². The maximum atomic E-state index is 12.7. The van der Waals surface area contributed by atoms with Crippen LogP contribution in [0.3, 0.4) is 0 Å². The van der Waals surface area contributed by atoms with Crippen molar-refractivity contribution < 1.29 is 23.1 Å². The summed E-state index contributed by atoms with van der Waals surface area (Å²) in [6.07, 6.45) is 1.88. The van der Waals surface area contributed by atoms with Gasteiger partial charge in [-0.3, -0.25) is 14.3 Å². The quantitative estimate of drug-likeness (QED) is 0.809. The van der Waals surface area contributed by atoms with E-state index in [2.05, 4.69) is 5.10 Å². The first-order valence-corrected chi connectivity index (χ1v) is 9.60. The van der Waals surface area contributed by atoms with Gasteiger partial charge in [-0.15, -0.1) is 0 Å². The van der Waals surface area contributed by atoms with Gasteiger partial charge in [0.05, 0.1) is 10.4 Å². The molecule has 0 radical (unpaired) electrons. The minimum Gasteiger partial charge on any atom is -0.480 e. The number of carbonyl (C=O) groups excluding carboxylic acids is 1. The number of aliphatic carboxylic acids is 1. The van der Waals surface area contributed by atoms with E-state index >= 15 is 0 Å². The lowest BCUT2D eigenvalue weighted by Gasteiger charge is -2.15. The van der Waals surface area contributed by atoms with Gasteiger partial charge in [-0.25, -0.2) is 8.42 Å². The molecule has 2 heterocycles. The number of sulfonamides is 1. The van der Waals surface area contributed by atoms with Gasteiger partial charge in [0.1, 0.15) is 6.54 Å². The second kappa shape index (κ2) is 6.69. The lowest BCUT2D eigenvalue weighted by molar-refractivity contribution is -0.137. The van der Waals surface area contributed by atoms with Crippen molar-refractivity contribution in [3.63, 3.8) is 0 Å². The van der Waals surface area contributed by atoms with Crippen LogP contribution in [0.2, 0.25) is 0 Å². The molecule has 9 nitrogen and oxygen atoms in total. The fourth-order valence-corrected chi connectivity index (χ4v) is 4.24. The number of likely N-dealkylation sites (tertiary alicyclic amines) is 1. The Balaban J connectivity index is 2.06. The number of fused-ring (bicyclic) bond motifs is 1. The van der Waals surface area contributed by atoms with E-state index in [0.717, 1.165) is 17.1 Å². The molecule has 1 aliphatic heterocycles. The predicted molar refractivity (Wildman–Crippen MR) is 93.3 cm³/mol. The molecule has 0 spiro atoms. The Morgan fingerprint density at radius 1 is 1.27 bits per heavy atom. The first kappa shape index (κ1) is 18.3. The summed E-state index contributed by atoms with van der Waals surface area (Å²) >= 11 is 0. The number of carboxylic acid groups (broad SMARTS) is 1. The van der Waals surface area contributed by atoms with Gasteiger partial charge < -0.3 is 10.0 Å². The van der Waals surface area contributed by atoms with Crippen LogP contribution in [0, 0.1) is 0 Å². The average Bonchev–Trinajstić information content (AvgIpc) is 3.22. The van der Waals surface area contributed by atoms with Crippen LogP contribution in [0.5, 0.6) is 0 Å². The van der Waals surface area contributed by atoms with Crippen molar-refractivity contribution in [1.82, 2.24) is 19.0 Å². The first-order valence-electron chi connectivity index (χ1n) is 8.16. The van der Waals surface area contributed by atoms with Crippen LogP contribution in [-0.2, 0) is 21.9 Å². The molecule has 1 saturated heterocycles. The van der Waals surface area contributed by atoms with Crippen LogP contribution in [0.25, 0.3) is 10.9 Å². The van der Waals surface area contributed by atoms with Crippen LogP contribution < -0.4 is 0 Å². The normalized spacial score (nSPS) is 15.1. The number of carboxylic acids is 1. The van der Waals surface area contributed by atoms with E-state index in [1.807, 2.05) is 0 Å². The zero-order valence-corrected chi connectivity index (χ0v) is 15.4. The molecule has 140 valence electrons. The Kier molecular flexibility index (Phi) is 4.72. The molecule has 2 aromatic rings. The third-order valence-corrected chi connectivity index (χ3v) is 6.28. The van der Waals surface area contributed by atoms with Gasteiger partial charge in [0.15, 0.2) is 5.69 Å². The molecule has 26 heavy (non-hydrogen) atoms. The molecule has 1 aromatic heterocycles. The highest BCUT2D eigenvalue weighted by Crippen LogP contribution is 2.25. The van der Waals surface area contributed by atoms with Crippen LogP contribution in [0.15, 0.2) is 23.1 Å². The van der Waals surface area contributed by atoms with Crippen molar-refractivity contribution >= 4 is 32.8 Å². The number of rotatable bonds is 5. The molecule has 1 amide bonds. The average molecular weight is 380 g/mol. The van der Waals surface area contributed by atoms with Crippen molar-refractivity contribution in [2.75, 3.05) is 26.7 Å². The third kappa shape index (κ3) is 3.17. The van der Waals surface area contributed by atoms with E-state index < -0.39 is 22.5 Å². The van der Waals surface area contributed by atoms with Crippen molar-refractivity contribution in [2.24, 2.45) is 7.05 Å². The molecule has 0 unspecified atom stereocenters. The van der Waals surface area contributed by atoms with E-state index in [1.54, 1.807) is 18.0 Å². The molecule has 3 rings (SSSR count). The Morgan fingerprint density at radius 2 is 1.92 bits per heavy atom. The van der Waals surface area contributed by atoms with Gasteiger partial charge >= 0.3 is 5.97 Å². The molecule has 10 heteroatoms. The van der Waals surface area contributed by atoms with Gasteiger partial charge in [-0.05, 0) is 31.0 Å². The fourth-order valence-electron chi connectivity index (χ4n) is 3.09. The minimum atomic E-state index is -3.99. The van der Waals surface area contributed by atoms with Crippen molar-refractivity contribution in [3.8, 4) is 0 Å². The van der Waals surface area contributed by atoms with Crippen molar-refractivity contribution in [3.05, 3.63) is 23.9 Å². The predicted octanol–water partition coefficient (Wildman–Crippen LogP) is 0.514. The Morgan fingerprint density at radius 3 is 2.54 bits per heavy atom. The molecule has 0 bridgehead atoms. The number of hydrogen-bond acceptors (Lipinski definition) is 5. The van der Waals surface area contributed by atoms with Crippen LogP contribution >= 0.6 is 0 Å². The van der Waals surface area contributed by atoms with E-state index in [-0.39, 0.29) is 16.5 Å². The number of aromatic nitrogens is 2. The molecule has 0 saturated carbocycles. The number of hydrogen-bond donors (Lipinski definition) is 1. The fraction of sp³-hybridized carbons (Fsp3) is 0.438. The van der Waals surface area contributed by atoms with Crippen molar-refractivity contribution in [2.45, 2.75) is 17.7 Å². The summed E-state index contributed by atoms with van der Waals surface area (Å²) in [6, 6.07) is 4.35. The molecule has 1 fully saturated rings. The van der Waals surface area contributed by atoms with Gasteiger partial charge in [0, 0.05) is 32.6 Å². The number of likely N-dealkylation sites (N-methyl/N-ethyl adjacent to an activating group) is 1. The summed E-state index contributed by atoms with van der Waals surface area (Å²) in [5, 5.41) is 13.6. The number of amides is 1. The van der Waals surface area contributed by atoms with Crippen molar-refractivity contribution in [1.29, 1.82) is 0 Å². The molecule has 0 atom stereocenters. The van der Waals surface area contributed by atoms with Crippen LogP contribution in [-0.4, -0.2) is 71.1 Å². The number of benzene rings is 1. The second-order valence-corrected chi connectivity index (χ2v) is 8.35. The highest BCUT2D eigenvalue weighted by molar-refractivity contribution is 7.89. The van der Waals surface area contributed by atoms with Gasteiger partial charge in [-0.1, -0.05) is 0 Å². The van der Waals surface area contributed by atoms with E-state index in [9.17, 15) is 18.0 Å². The molecule has 1 aromatic carbocycles. The highest BCUT2D eigenvalue weighted by atomic mass is 32.2. The lowest BCUT2D eigenvalue weighted by Crippen LogP contribution is -2.32. The Bertz CT molecular complexity index is 976.